The average molecular weight is 381 g/mol. The Labute approximate surface area is 150 Å². The molecule has 9 heteroatoms. The highest BCUT2D eigenvalue weighted by atomic mass is 32.2. The number of hydrogen-bond acceptors (Lipinski definition) is 7. The van der Waals surface area contributed by atoms with Crippen LogP contribution < -0.4 is 5.32 Å². The molecule has 25 heavy (non-hydrogen) atoms. The zero-order valence-corrected chi connectivity index (χ0v) is 15.4. The van der Waals surface area contributed by atoms with Gasteiger partial charge >= 0.3 is 5.69 Å². The van der Waals surface area contributed by atoms with Gasteiger partial charge in [0.05, 0.1) is 4.92 Å². The Hall–Kier alpha value is -1.97. The molecule has 1 aliphatic heterocycles. The predicted molar refractivity (Wildman–Crippen MR) is 98.0 cm³/mol. The van der Waals surface area contributed by atoms with Crippen LogP contribution in [0.3, 0.4) is 0 Å². The highest BCUT2D eigenvalue weighted by Crippen LogP contribution is 2.32. The molecule has 0 aliphatic carbocycles. The lowest BCUT2D eigenvalue weighted by Crippen LogP contribution is -2.33. The molecule has 1 aromatic heterocycles. The Balaban J connectivity index is 1.69. The fourth-order valence-electron chi connectivity index (χ4n) is 3.00. The molecular formula is C16H19N3O4S2. The van der Waals surface area contributed by atoms with E-state index in [-0.39, 0.29) is 16.3 Å². The molecule has 3 rings (SSSR count). The predicted octanol–water partition coefficient (Wildman–Crippen LogP) is 2.53. The maximum atomic E-state index is 11.8. The summed E-state index contributed by atoms with van der Waals surface area (Å²) in [6.45, 7) is 3.08. The average Bonchev–Trinajstić information content (AvgIpc) is 3.01. The van der Waals surface area contributed by atoms with E-state index in [0.717, 1.165) is 32.3 Å². The first-order chi connectivity index (χ1) is 11.9. The number of nitro groups is 1. The first kappa shape index (κ1) is 17.8. The summed E-state index contributed by atoms with van der Waals surface area (Å²) in [7, 11) is -3.66. The molecule has 0 amide bonds. The van der Waals surface area contributed by atoms with E-state index in [4.69, 9.17) is 0 Å². The third-order valence-electron chi connectivity index (χ3n) is 4.21. The number of thiophene rings is 1. The van der Waals surface area contributed by atoms with E-state index in [0.29, 0.717) is 6.54 Å². The Morgan fingerprint density at radius 1 is 1.36 bits per heavy atom. The van der Waals surface area contributed by atoms with Gasteiger partial charge in [0, 0.05) is 37.3 Å². The highest BCUT2D eigenvalue weighted by molar-refractivity contribution is 7.90. The number of fused-ring (bicyclic) bond motifs is 1. The maximum Gasteiger partial charge on any atom is 0.310 e. The molecule has 0 radical (unpaired) electrons. The molecule has 1 N–H and O–H groups in total. The molecule has 0 fully saturated rings. The third-order valence-corrected chi connectivity index (χ3v) is 6.36. The molecular weight excluding hydrogens is 362 g/mol. The van der Waals surface area contributed by atoms with Crippen molar-refractivity contribution in [2.75, 3.05) is 31.2 Å². The van der Waals surface area contributed by atoms with E-state index in [1.807, 2.05) is 0 Å². The van der Waals surface area contributed by atoms with Gasteiger partial charge in [0.15, 0.2) is 9.84 Å². The fourth-order valence-corrected chi connectivity index (χ4v) is 4.75. The van der Waals surface area contributed by atoms with Gasteiger partial charge in [-0.15, -0.1) is 11.3 Å². The number of nitro benzene ring substituents is 1. The quantitative estimate of drug-likeness (QED) is 0.611. The number of rotatable bonds is 6. The summed E-state index contributed by atoms with van der Waals surface area (Å²) in [6.07, 6.45) is 2.00. The summed E-state index contributed by atoms with van der Waals surface area (Å²) >= 11 is 1.78. The standard InChI is InChI=1S/C16H19N3O4S2/c1-25(22,23)15-4-2-3-13(16(15)19(20)21)17-7-9-18-8-5-14-12(11-18)6-10-24-14/h2-4,6,10,17H,5,7-9,11H2,1H3. The summed E-state index contributed by atoms with van der Waals surface area (Å²) in [6, 6.07) is 6.46. The summed E-state index contributed by atoms with van der Waals surface area (Å²) < 4.78 is 23.6. The summed E-state index contributed by atoms with van der Waals surface area (Å²) in [5.41, 5.74) is 1.20. The van der Waals surface area contributed by atoms with Crippen molar-refractivity contribution in [1.29, 1.82) is 0 Å². The Kier molecular flexibility index (Phi) is 5.07. The molecule has 0 unspecified atom stereocenters. The summed E-state index contributed by atoms with van der Waals surface area (Å²) in [5, 5.41) is 16.5. The van der Waals surface area contributed by atoms with Gasteiger partial charge in [-0.2, -0.15) is 0 Å². The van der Waals surface area contributed by atoms with Gasteiger partial charge in [-0.3, -0.25) is 15.0 Å². The zero-order chi connectivity index (χ0) is 18.0. The maximum absolute atomic E-state index is 11.8. The topological polar surface area (TPSA) is 92.6 Å². The van der Waals surface area contributed by atoms with Crippen molar-refractivity contribution in [2.45, 2.75) is 17.9 Å². The van der Waals surface area contributed by atoms with Crippen LogP contribution in [0.15, 0.2) is 34.5 Å². The van der Waals surface area contributed by atoms with Crippen molar-refractivity contribution in [1.82, 2.24) is 4.90 Å². The zero-order valence-electron chi connectivity index (χ0n) is 13.8. The van der Waals surface area contributed by atoms with Crippen LogP contribution in [-0.2, 0) is 22.8 Å². The number of anilines is 1. The van der Waals surface area contributed by atoms with Crippen molar-refractivity contribution >= 4 is 32.5 Å². The van der Waals surface area contributed by atoms with E-state index in [1.165, 1.54) is 22.6 Å². The lowest BCUT2D eigenvalue weighted by atomic mass is 10.1. The second kappa shape index (κ2) is 7.11. The number of para-hydroxylation sites is 1. The van der Waals surface area contributed by atoms with Gasteiger partial charge < -0.3 is 5.32 Å². The molecule has 0 saturated carbocycles. The van der Waals surface area contributed by atoms with Gasteiger partial charge in [0.1, 0.15) is 10.6 Å². The minimum Gasteiger partial charge on any atom is -0.378 e. The van der Waals surface area contributed by atoms with E-state index in [1.54, 1.807) is 17.4 Å². The lowest BCUT2D eigenvalue weighted by molar-refractivity contribution is -0.386. The molecule has 0 bridgehead atoms. The second-order valence-corrected chi connectivity index (χ2v) is 8.99. The van der Waals surface area contributed by atoms with Crippen molar-refractivity contribution in [3.05, 3.63) is 50.2 Å². The minimum atomic E-state index is -3.66. The molecule has 134 valence electrons. The molecule has 7 nitrogen and oxygen atoms in total. The molecule has 1 aromatic carbocycles. The molecule has 0 atom stereocenters. The van der Waals surface area contributed by atoms with Crippen LogP contribution in [-0.4, -0.2) is 44.1 Å². The smallest absolute Gasteiger partial charge is 0.310 e. The Morgan fingerprint density at radius 3 is 2.88 bits per heavy atom. The van der Waals surface area contributed by atoms with Crippen LogP contribution in [0.25, 0.3) is 0 Å². The van der Waals surface area contributed by atoms with Crippen LogP contribution in [0.2, 0.25) is 0 Å². The number of nitrogens with zero attached hydrogens (tertiary/aromatic N) is 2. The Bertz CT molecular complexity index is 893. The minimum absolute atomic E-state index is 0.237. The molecule has 0 spiro atoms. The second-order valence-electron chi connectivity index (χ2n) is 6.00. The van der Waals surface area contributed by atoms with Crippen LogP contribution in [0.4, 0.5) is 11.4 Å². The number of hydrogen-bond donors (Lipinski definition) is 1. The van der Waals surface area contributed by atoms with Gasteiger partial charge in [0.2, 0.25) is 0 Å². The van der Waals surface area contributed by atoms with Gasteiger partial charge in [-0.1, -0.05) is 6.07 Å². The lowest BCUT2D eigenvalue weighted by Gasteiger charge is -2.26. The molecule has 2 aromatic rings. The molecule has 0 saturated heterocycles. The van der Waals surface area contributed by atoms with Gasteiger partial charge in [-0.05, 0) is 35.6 Å². The fraction of sp³-hybridized carbons (Fsp3) is 0.375. The van der Waals surface area contributed by atoms with Crippen molar-refractivity contribution in [3.63, 3.8) is 0 Å². The van der Waals surface area contributed by atoms with E-state index in [2.05, 4.69) is 21.7 Å². The van der Waals surface area contributed by atoms with Crippen molar-refractivity contribution in [3.8, 4) is 0 Å². The molecule has 2 heterocycles. The van der Waals surface area contributed by atoms with Crippen LogP contribution in [0.1, 0.15) is 10.4 Å². The largest absolute Gasteiger partial charge is 0.378 e. The van der Waals surface area contributed by atoms with Crippen LogP contribution >= 0.6 is 11.3 Å². The van der Waals surface area contributed by atoms with E-state index < -0.39 is 14.8 Å². The summed E-state index contributed by atoms with van der Waals surface area (Å²) in [4.78, 5) is 14.2. The Morgan fingerprint density at radius 2 is 2.16 bits per heavy atom. The van der Waals surface area contributed by atoms with Crippen molar-refractivity contribution < 1.29 is 13.3 Å². The summed E-state index contributed by atoms with van der Waals surface area (Å²) in [5.74, 6) is 0. The monoisotopic (exact) mass is 381 g/mol. The van der Waals surface area contributed by atoms with E-state index >= 15 is 0 Å². The SMILES string of the molecule is CS(=O)(=O)c1cccc(NCCN2CCc3sccc3C2)c1[N+](=O)[O-]. The van der Waals surface area contributed by atoms with Gasteiger partial charge in [0.25, 0.3) is 0 Å². The number of sulfone groups is 1. The molecule has 1 aliphatic rings. The van der Waals surface area contributed by atoms with Crippen LogP contribution in [0, 0.1) is 10.1 Å². The third kappa shape index (κ3) is 4.00. The number of benzene rings is 1. The van der Waals surface area contributed by atoms with E-state index in [9.17, 15) is 18.5 Å². The van der Waals surface area contributed by atoms with Gasteiger partial charge in [-0.25, -0.2) is 8.42 Å². The number of nitrogens with one attached hydrogen (secondary N) is 1. The van der Waals surface area contributed by atoms with Crippen molar-refractivity contribution in [2.24, 2.45) is 0 Å². The highest BCUT2D eigenvalue weighted by Gasteiger charge is 2.26. The first-order valence-corrected chi connectivity index (χ1v) is 10.6. The van der Waals surface area contributed by atoms with Crippen LogP contribution in [0.5, 0.6) is 0 Å². The first-order valence-electron chi connectivity index (χ1n) is 7.85. The normalized spacial score (nSPS) is 14.9.